The van der Waals surface area contributed by atoms with Gasteiger partial charge in [-0.05, 0) is 19.1 Å². The third-order valence-corrected chi connectivity index (χ3v) is 2.15. The molecule has 0 unspecified atom stereocenters. The summed E-state index contributed by atoms with van der Waals surface area (Å²) in [6.45, 7) is 8.89. The normalized spacial score (nSPS) is 10.5. The zero-order valence-corrected chi connectivity index (χ0v) is 10.4. The van der Waals surface area contributed by atoms with Gasteiger partial charge in [0, 0.05) is 30.9 Å². The Morgan fingerprint density at radius 1 is 1.25 bits per heavy atom. The van der Waals surface area contributed by atoms with Crippen LogP contribution in [0.5, 0.6) is 5.75 Å². The average molecular weight is 222 g/mol. The van der Waals surface area contributed by atoms with Gasteiger partial charge in [-0.3, -0.25) is 0 Å². The predicted octanol–water partition coefficient (Wildman–Crippen LogP) is 2.50. The van der Waals surface area contributed by atoms with Gasteiger partial charge in [0.15, 0.2) is 0 Å². The molecule has 0 aliphatic heterocycles. The molecule has 0 saturated heterocycles. The first-order chi connectivity index (χ1) is 7.72. The first-order valence-corrected chi connectivity index (χ1v) is 5.92. The number of benzene rings is 1. The van der Waals surface area contributed by atoms with Gasteiger partial charge in [0.25, 0.3) is 0 Å². The van der Waals surface area contributed by atoms with Gasteiger partial charge in [0.2, 0.25) is 0 Å². The summed E-state index contributed by atoms with van der Waals surface area (Å²) in [7, 11) is 0. The van der Waals surface area contributed by atoms with Gasteiger partial charge in [-0.2, -0.15) is 0 Å². The Hall–Kier alpha value is -1.22. The standard InChI is InChI=1S/C13H22N2O/c1-4-16-13-7-5-6-12(10-13)15-9-8-14-11(2)3/h5-7,10-11,14-15H,4,8-9H2,1-3H3. The van der Waals surface area contributed by atoms with E-state index in [1.807, 2.05) is 25.1 Å². The number of rotatable bonds is 7. The quantitative estimate of drug-likeness (QED) is 0.695. The molecule has 0 bridgehead atoms. The molecule has 0 fully saturated rings. The van der Waals surface area contributed by atoms with Crippen LogP contribution in [0.2, 0.25) is 0 Å². The molecule has 0 saturated carbocycles. The van der Waals surface area contributed by atoms with Gasteiger partial charge in [-0.1, -0.05) is 19.9 Å². The van der Waals surface area contributed by atoms with Gasteiger partial charge >= 0.3 is 0 Å². The fourth-order valence-electron chi connectivity index (χ4n) is 1.43. The highest BCUT2D eigenvalue weighted by atomic mass is 16.5. The van der Waals surface area contributed by atoms with Crippen molar-refractivity contribution >= 4 is 5.69 Å². The van der Waals surface area contributed by atoms with E-state index in [0.29, 0.717) is 12.6 Å². The molecule has 0 radical (unpaired) electrons. The fraction of sp³-hybridized carbons (Fsp3) is 0.538. The Morgan fingerprint density at radius 2 is 2.06 bits per heavy atom. The molecule has 1 rings (SSSR count). The fourth-order valence-corrected chi connectivity index (χ4v) is 1.43. The summed E-state index contributed by atoms with van der Waals surface area (Å²) in [5, 5.41) is 6.72. The van der Waals surface area contributed by atoms with Crippen molar-refractivity contribution in [1.29, 1.82) is 0 Å². The van der Waals surface area contributed by atoms with E-state index in [9.17, 15) is 0 Å². The highest BCUT2D eigenvalue weighted by Gasteiger charge is 1.96. The van der Waals surface area contributed by atoms with Crippen molar-refractivity contribution in [1.82, 2.24) is 5.32 Å². The molecule has 0 spiro atoms. The number of anilines is 1. The first-order valence-electron chi connectivity index (χ1n) is 5.92. The third-order valence-electron chi connectivity index (χ3n) is 2.15. The average Bonchev–Trinajstić information content (AvgIpc) is 2.25. The first kappa shape index (κ1) is 12.8. The van der Waals surface area contributed by atoms with Crippen molar-refractivity contribution in [3.63, 3.8) is 0 Å². The minimum Gasteiger partial charge on any atom is -0.494 e. The molecule has 3 nitrogen and oxygen atoms in total. The summed E-state index contributed by atoms with van der Waals surface area (Å²) in [4.78, 5) is 0. The van der Waals surface area contributed by atoms with E-state index >= 15 is 0 Å². The van der Waals surface area contributed by atoms with Crippen LogP contribution in [-0.4, -0.2) is 25.7 Å². The predicted molar refractivity (Wildman–Crippen MR) is 69.2 cm³/mol. The zero-order valence-electron chi connectivity index (χ0n) is 10.4. The molecule has 0 heterocycles. The Labute approximate surface area is 98.2 Å². The zero-order chi connectivity index (χ0) is 11.8. The lowest BCUT2D eigenvalue weighted by Crippen LogP contribution is -2.28. The molecule has 0 aromatic heterocycles. The lowest BCUT2D eigenvalue weighted by Gasteiger charge is -2.11. The van der Waals surface area contributed by atoms with Crippen LogP contribution < -0.4 is 15.4 Å². The van der Waals surface area contributed by atoms with Gasteiger partial charge in [-0.25, -0.2) is 0 Å². The van der Waals surface area contributed by atoms with Crippen LogP contribution in [-0.2, 0) is 0 Å². The maximum Gasteiger partial charge on any atom is 0.121 e. The van der Waals surface area contributed by atoms with Crippen molar-refractivity contribution in [3.05, 3.63) is 24.3 Å². The second-order valence-electron chi connectivity index (χ2n) is 4.00. The van der Waals surface area contributed by atoms with Crippen LogP contribution in [0.1, 0.15) is 20.8 Å². The highest BCUT2D eigenvalue weighted by Crippen LogP contribution is 2.16. The van der Waals surface area contributed by atoms with E-state index in [0.717, 1.165) is 24.5 Å². The van der Waals surface area contributed by atoms with E-state index < -0.39 is 0 Å². The summed E-state index contributed by atoms with van der Waals surface area (Å²) in [6.07, 6.45) is 0. The molecule has 0 aliphatic carbocycles. The van der Waals surface area contributed by atoms with Crippen LogP contribution in [0.15, 0.2) is 24.3 Å². The molecule has 1 aromatic carbocycles. The Kier molecular flexibility index (Phi) is 5.72. The smallest absolute Gasteiger partial charge is 0.121 e. The maximum atomic E-state index is 5.44. The van der Waals surface area contributed by atoms with Crippen molar-refractivity contribution in [3.8, 4) is 5.75 Å². The summed E-state index contributed by atoms with van der Waals surface area (Å²) in [6, 6.07) is 8.60. The maximum absolute atomic E-state index is 5.44. The van der Waals surface area contributed by atoms with E-state index in [1.54, 1.807) is 0 Å². The van der Waals surface area contributed by atoms with Crippen molar-refractivity contribution in [2.45, 2.75) is 26.8 Å². The molecule has 0 aliphatic rings. The van der Waals surface area contributed by atoms with E-state index in [-0.39, 0.29) is 0 Å². The molecule has 2 N–H and O–H groups in total. The molecule has 90 valence electrons. The SMILES string of the molecule is CCOc1cccc(NCCNC(C)C)c1. The van der Waals surface area contributed by atoms with Crippen molar-refractivity contribution < 1.29 is 4.74 Å². The summed E-state index contributed by atoms with van der Waals surface area (Å²) >= 11 is 0. The Morgan fingerprint density at radius 3 is 2.75 bits per heavy atom. The number of ether oxygens (including phenoxy) is 1. The minimum absolute atomic E-state index is 0.538. The summed E-state index contributed by atoms with van der Waals surface area (Å²) < 4.78 is 5.44. The Balaban J connectivity index is 2.33. The molecule has 1 aromatic rings. The van der Waals surface area contributed by atoms with Crippen LogP contribution in [0.4, 0.5) is 5.69 Å². The molecule has 3 heteroatoms. The van der Waals surface area contributed by atoms with Crippen LogP contribution in [0, 0.1) is 0 Å². The summed E-state index contributed by atoms with van der Waals surface area (Å²) in [5.41, 5.74) is 1.11. The lowest BCUT2D eigenvalue weighted by atomic mass is 10.3. The van der Waals surface area contributed by atoms with Crippen molar-refractivity contribution in [2.75, 3.05) is 25.0 Å². The van der Waals surface area contributed by atoms with E-state index in [4.69, 9.17) is 4.74 Å². The largest absolute Gasteiger partial charge is 0.494 e. The molecule has 0 atom stereocenters. The van der Waals surface area contributed by atoms with Crippen LogP contribution >= 0.6 is 0 Å². The second kappa shape index (κ2) is 7.12. The van der Waals surface area contributed by atoms with E-state index in [1.165, 1.54) is 0 Å². The Bertz CT molecular complexity index is 300. The monoisotopic (exact) mass is 222 g/mol. The second-order valence-corrected chi connectivity index (χ2v) is 4.00. The molecule has 16 heavy (non-hydrogen) atoms. The topological polar surface area (TPSA) is 33.3 Å². The lowest BCUT2D eigenvalue weighted by molar-refractivity contribution is 0.340. The number of hydrogen-bond acceptors (Lipinski definition) is 3. The third kappa shape index (κ3) is 5.03. The number of nitrogens with one attached hydrogen (secondary N) is 2. The van der Waals surface area contributed by atoms with Gasteiger partial charge in [0.05, 0.1) is 6.61 Å². The van der Waals surface area contributed by atoms with Crippen LogP contribution in [0.3, 0.4) is 0 Å². The minimum atomic E-state index is 0.538. The van der Waals surface area contributed by atoms with E-state index in [2.05, 4.69) is 30.5 Å². The number of hydrogen-bond donors (Lipinski definition) is 2. The van der Waals surface area contributed by atoms with Gasteiger partial charge in [-0.15, -0.1) is 0 Å². The van der Waals surface area contributed by atoms with Crippen molar-refractivity contribution in [2.24, 2.45) is 0 Å². The van der Waals surface area contributed by atoms with Gasteiger partial charge < -0.3 is 15.4 Å². The highest BCUT2D eigenvalue weighted by molar-refractivity contribution is 5.48. The van der Waals surface area contributed by atoms with Gasteiger partial charge in [0.1, 0.15) is 5.75 Å². The molecular formula is C13H22N2O. The molecule has 0 amide bonds. The summed E-state index contributed by atoms with van der Waals surface area (Å²) in [5.74, 6) is 0.921. The molecular weight excluding hydrogens is 200 g/mol. The van der Waals surface area contributed by atoms with Crippen LogP contribution in [0.25, 0.3) is 0 Å².